The topological polar surface area (TPSA) is 12.9 Å². The van der Waals surface area contributed by atoms with Gasteiger partial charge in [-0.05, 0) is 11.6 Å². The second kappa shape index (κ2) is 0.861. The third-order valence-corrected chi connectivity index (χ3v) is 1.08. The SMILES string of the molecule is [CH]1c2cccnc21. The predicted octanol–water partition coefficient (Wildman–Crippen LogP) is 0.996. The molecule has 2 rings (SSSR count). The summed E-state index contributed by atoms with van der Waals surface area (Å²) < 4.78 is 0. The van der Waals surface area contributed by atoms with E-state index in [1.54, 1.807) is 0 Å². The van der Waals surface area contributed by atoms with Crippen molar-refractivity contribution in [2.24, 2.45) is 0 Å². The van der Waals surface area contributed by atoms with E-state index in [9.17, 15) is 0 Å². The fourth-order valence-corrected chi connectivity index (χ4v) is 0.627. The Balaban J connectivity index is 2.73. The van der Waals surface area contributed by atoms with E-state index in [1.807, 2.05) is 12.3 Å². The van der Waals surface area contributed by atoms with Gasteiger partial charge in [-0.25, -0.2) is 0 Å². The lowest BCUT2D eigenvalue weighted by molar-refractivity contribution is 1.34. The van der Waals surface area contributed by atoms with Crippen molar-refractivity contribution in [2.75, 3.05) is 0 Å². The van der Waals surface area contributed by atoms with Crippen LogP contribution < -0.4 is 0 Å². The molecular formula is C6H4N. The zero-order valence-corrected chi connectivity index (χ0v) is 3.76. The zero-order valence-electron chi connectivity index (χ0n) is 3.76. The molecule has 0 spiro atoms. The van der Waals surface area contributed by atoms with Crippen molar-refractivity contribution in [2.45, 2.75) is 0 Å². The summed E-state index contributed by atoms with van der Waals surface area (Å²) in [6.07, 6.45) is 3.86. The van der Waals surface area contributed by atoms with Crippen LogP contribution in [0.4, 0.5) is 0 Å². The quantitative estimate of drug-likeness (QED) is 0.470. The number of aromatic nitrogens is 1. The molecule has 0 atom stereocenters. The number of hydrogen-bond donors (Lipinski definition) is 0. The number of pyridine rings is 1. The molecule has 0 N–H and O–H groups in total. The highest BCUT2D eigenvalue weighted by molar-refractivity contribution is 5.52. The monoisotopic (exact) mass is 90.0 g/mol. The lowest BCUT2D eigenvalue weighted by Crippen LogP contribution is -1.60. The first-order chi connectivity index (χ1) is 3.47. The van der Waals surface area contributed by atoms with Crippen molar-refractivity contribution in [1.82, 2.24) is 4.98 Å². The molecular weight excluding hydrogens is 86.1 g/mol. The van der Waals surface area contributed by atoms with E-state index in [1.165, 1.54) is 5.56 Å². The number of nitrogens with zero attached hydrogens (tertiary/aromatic N) is 1. The van der Waals surface area contributed by atoms with Crippen molar-refractivity contribution < 1.29 is 0 Å². The van der Waals surface area contributed by atoms with Crippen molar-refractivity contribution in [3.05, 3.63) is 36.0 Å². The van der Waals surface area contributed by atoms with Crippen LogP contribution in [-0.2, 0) is 0 Å². The Morgan fingerprint density at radius 2 is 2.43 bits per heavy atom. The molecule has 33 valence electrons. The van der Waals surface area contributed by atoms with Crippen LogP contribution in [0.5, 0.6) is 0 Å². The van der Waals surface area contributed by atoms with Crippen LogP contribution in [0.15, 0.2) is 18.3 Å². The first-order valence-electron chi connectivity index (χ1n) is 2.26. The van der Waals surface area contributed by atoms with E-state index in [0.29, 0.717) is 0 Å². The van der Waals surface area contributed by atoms with Crippen molar-refractivity contribution in [3.63, 3.8) is 0 Å². The Bertz CT molecular complexity index is 172. The van der Waals surface area contributed by atoms with Crippen molar-refractivity contribution in [1.29, 1.82) is 0 Å². The molecule has 1 radical (unpaired) electrons. The minimum absolute atomic E-state index is 1.16. The molecule has 0 bridgehead atoms. The molecule has 1 nitrogen and oxygen atoms in total. The molecule has 1 aromatic rings. The maximum Gasteiger partial charge on any atom is 0.0528 e. The molecule has 1 aliphatic carbocycles. The van der Waals surface area contributed by atoms with Gasteiger partial charge in [0.05, 0.1) is 5.69 Å². The maximum absolute atomic E-state index is 4.02. The molecule has 0 saturated heterocycles. The van der Waals surface area contributed by atoms with Gasteiger partial charge in [0, 0.05) is 12.6 Å². The lowest BCUT2D eigenvalue weighted by atomic mass is 10.5. The molecule has 0 aromatic carbocycles. The summed E-state index contributed by atoms with van der Waals surface area (Å²) >= 11 is 0. The van der Waals surface area contributed by atoms with Gasteiger partial charge >= 0.3 is 0 Å². The van der Waals surface area contributed by atoms with Gasteiger partial charge in [-0.2, -0.15) is 0 Å². The fraction of sp³-hybridized carbons (Fsp3) is 0. The van der Waals surface area contributed by atoms with Gasteiger partial charge in [0.15, 0.2) is 0 Å². The Kier molecular flexibility index (Phi) is 0.392. The van der Waals surface area contributed by atoms with E-state index in [-0.39, 0.29) is 0 Å². The molecule has 1 aliphatic rings. The highest BCUT2D eigenvalue weighted by Gasteiger charge is 2.15. The highest BCUT2D eigenvalue weighted by atomic mass is 14.7. The molecule has 1 heterocycles. The second-order valence-electron chi connectivity index (χ2n) is 1.62. The fourth-order valence-electron chi connectivity index (χ4n) is 0.627. The van der Waals surface area contributed by atoms with Gasteiger partial charge in [0.1, 0.15) is 0 Å². The largest absolute Gasteiger partial charge is 0.260 e. The van der Waals surface area contributed by atoms with Gasteiger partial charge in [-0.1, -0.05) is 6.07 Å². The first-order valence-corrected chi connectivity index (χ1v) is 2.26. The average molecular weight is 90.1 g/mol. The van der Waals surface area contributed by atoms with Gasteiger partial charge in [-0.3, -0.25) is 4.98 Å². The predicted molar refractivity (Wildman–Crippen MR) is 26.7 cm³/mol. The Morgan fingerprint density at radius 3 is 3.00 bits per heavy atom. The van der Waals surface area contributed by atoms with E-state index >= 15 is 0 Å². The minimum atomic E-state index is 1.16. The molecule has 0 unspecified atom stereocenters. The summed E-state index contributed by atoms with van der Waals surface area (Å²) in [6, 6.07) is 4.00. The number of rotatable bonds is 0. The van der Waals surface area contributed by atoms with Crippen LogP contribution in [-0.4, -0.2) is 4.98 Å². The van der Waals surface area contributed by atoms with E-state index in [2.05, 4.69) is 17.5 Å². The lowest BCUT2D eigenvalue weighted by Gasteiger charge is -1.69. The average Bonchev–Trinajstić information content (AvgIpc) is 2.41. The van der Waals surface area contributed by atoms with Crippen LogP contribution in [0.2, 0.25) is 0 Å². The molecule has 1 heteroatoms. The third-order valence-electron chi connectivity index (χ3n) is 1.08. The molecule has 1 aromatic heterocycles. The summed E-state index contributed by atoms with van der Waals surface area (Å²) in [6.45, 7) is 0. The van der Waals surface area contributed by atoms with Crippen molar-refractivity contribution in [3.8, 4) is 0 Å². The normalized spacial score (nSPS) is 13.1. The Labute approximate surface area is 42.0 Å². The van der Waals surface area contributed by atoms with E-state index in [0.717, 1.165) is 5.69 Å². The van der Waals surface area contributed by atoms with Gasteiger partial charge in [-0.15, -0.1) is 0 Å². The van der Waals surface area contributed by atoms with Crippen LogP contribution in [0.3, 0.4) is 0 Å². The van der Waals surface area contributed by atoms with E-state index < -0.39 is 0 Å². The summed E-state index contributed by atoms with van der Waals surface area (Å²) in [7, 11) is 0. The first kappa shape index (κ1) is 3.19. The number of fused-ring (bicyclic) bond motifs is 1. The number of hydrogen-bond acceptors (Lipinski definition) is 1. The maximum atomic E-state index is 4.02. The molecule has 0 amide bonds. The smallest absolute Gasteiger partial charge is 0.0528 e. The highest BCUT2D eigenvalue weighted by Crippen LogP contribution is 2.25. The molecule has 0 saturated carbocycles. The van der Waals surface area contributed by atoms with Crippen molar-refractivity contribution >= 4 is 0 Å². The zero-order chi connectivity index (χ0) is 4.69. The molecule has 7 heavy (non-hydrogen) atoms. The Hall–Kier alpha value is -0.850. The second-order valence-corrected chi connectivity index (χ2v) is 1.62. The summed E-state index contributed by atoms with van der Waals surface area (Å²) in [5.74, 6) is 0. The Morgan fingerprint density at radius 1 is 1.43 bits per heavy atom. The van der Waals surface area contributed by atoms with Gasteiger partial charge in [0.2, 0.25) is 0 Å². The van der Waals surface area contributed by atoms with Crippen LogP contribution in [0.1, 0.15) is 11.3 Å². The van der Waals surface area contributed by atoms with Crippen LogP contribution in [0, 0.1) is 6.42 Å². The van der Waals surface area contributed by atoms with Crippen LogP contribution >= 0.6 is 0 Å². The van der Waals surface area contributed by atoms with Crippen LogP contribution in [0.25, 0.3) is 0 Å². The van der Waals surface area contributed by atoms with Gasteiger partial charge < -0.3 is 0 Å². The molecule has 0 aliphatic heterocycles. The molecule has 0 fully saturated rings. The summed E-state index contributed by atoms with van der Waals surface area (Å²) in [4.78, 5) is 4.02. The standard InChI is InChI=1S/C6H4N/c1-2-5-4-6(5)7-3-1/h1-4H. The van der Waals surface area contributed by atoms with Gasteiger partial charge in [0.25, 0.3) is 0 Å². The minimum Gasteiger partial charge on any atom is -0.260 e. The van der Waals surface area contributed by atoms with E-state index in [4.69, 9.17) is 0 Å². The summed E-state index contributed by atoms with van der Waals surface area (Å²) in [5, 5.41) is 0. The summed E-state index contributed by atoms with van der Waals surface area (Å²) in [5.41, 5.74) is 2.45. The third kappa shape index (κ3) is 0.346.